The van der Waals surface area contributed by atoms with Crippen LogP contribution in [-0.2, 0) is 0 Å². The van der Waals surface area contributed by atoms with E-state index in [4.69, 9.17) is 5.73 Å². The molecule has 0 bridgehead atoms. The summed E-state index contributed by atoms with van der Waals surface area (Å²) in [5, 5.41) is 0.655. The zero-order chi connectivity index (χ0) is 8.97. The molecule has 2 N–H and O–H groups in total. The van der Waals surface area contributed by atoms with Gasteiger partial charge in [-0.2, -0.15) is 0 Å². The summed E-state index contributed by atoms with van der Waals surface area (Å²) in [6.45, 7) is 1.97. The van der Waals surface area contributed by atoms with Crippen molar-refractivity contribution in [3.05, 3.63) is 23.4 Å². The molecular formula is C9H9BrN2. The Kier molecular flexibility index (Phi) is 3.12. The highest BCUT2D eigenvalue weighted by Gasteiger charge is 1.92. The topological polar surface area (TPSA) is 38.9 Å². The Labute approximate surface area is 80.3 Å². The first-order valence-corrected chi connectivity index (χ1v) is 4.63. The molecule has 0 radical (unpaired) electrons. The van der Waals surface area contributed by atoms with Crippen molar-refractivity contribution in [2.45, 2.75) is 6.92 Å². The van der Waals surface area contributed by atoms with E-state index in [9.17, 15) is 0 Å². The van der Waals surface area contributed by atoms with Gasteiger partial charge in [-0.25, -0.2) is 4.98 Å². The fourth-order valence-corrected chi connectivity index (χ4v) is 1.02. The zero-order valence-corrected chi connectivity index (χ0v) is 8.35. The molecule has 0 aliphatic carbocycles. The number of nitrogens with two attached hydrogens (primary N) is 1. The van der Waals surface area contributed by atoms with Gasteiger partial charge in [-0.05, 0) is 30.5 Å². The van der Waals surface area contributed by atoms with Crippen molar-refractivity contribution >= 4 is 21.7 Å². The van der Waals surface area contributed by atoms with Gasteiger partial charge in [-0.1, -0.05) is 21.9 Å². The van der Waals surface area contributed by atoms with Crippen LogP contribution in [0.3, 0.4) is 0 Å². The van der Waals surface area contributed by atoms with Gasteiger partial charge in [-0.15, -0.1) is 0 Å². The van der Waals surface area contributed by atoms with Crippen molar-refractivity contribution in [3.8, 4) is 11.8 Å². The number of hydrogen-bond donors (Lipinski definition) is 1. The maximum Gasteiger partial charge on any atom is 0.125 e. The minimum atomic E-state index is 0.522. The minimum Gasteiger partial charge on any atom is -0.384 e. The first kappa shape index (κ1) is 9.08. The van der Waals surface area contributed by atoms with E-state index in [1.54, 1.807) is 0 Å². The number of halogens is 1. The highest BCUT2D eigenvalue weighted by molar-refractivity contribution is 9.09. The summed E-state index contributed by atoms with van der Waals surface area (Å²) in [4.78, 5) is 4.05. The van der Waals surface area contributed by atoms with Crippen LogP contribution in [0.1, 0.15) is 11.3 Å². The van der Waals surface area contributed by atoms with Gasteiger partial charge in [0.2, 0.25) is 0 Å². The zero-order valence-electron chi connectivity index (χ0n) is 6.76. The van der Waals surface area contributed by atoms with E-state index in [1.807, 2.05) is 19.1 Å². The summed E-state index contributed by atoms with van der Waals surface area (Å²) >= 11 is 3.21. The first-order valence-electron chi connectivity index (χ1n) is 3.51. The van der Waals surface area contributed by atoms with Gasteiger partial charge < -0.3 is 5.73 Å². The molecule has 1 aromatic heterocycles. The molecule has 1 rings (SSSR count). The molecule has 12 heavy (non-hydrogen) atoms. The second-order valence-corrected chi connectivity index (χ2v) is 2.95. The van der Waals surface area contributed by atoms with Gasteiger partial charge in [-0.3, -0.25) is 0 Å². The molecule has 1 heterocycles. The maximum atomic E-state index is 5.54. The molecule has 3 heteroatoms. The van der Waals surface area contributed by atoms with Crippen LogP contribution >= 0.6 is 15.9 Å². The number of aromatic nitrogens is 1. The number of rotatable bonds is 0. The maximum absolute atomic E-state index is 5.54. The van der Waals surface area contributed by atoms with Crippen molar-refractivity contribution in [1.82, 2.24) is 4.98 Å². The van der Waals surface area contributed by atoms with Gasteiger partial charge >= 0.3 is 0 Å². The van der Waals surface area contributed by atoms with Crippen LogP contribution in [-0.4, -0.2) is 10.3 Å². The van der Waals surface area contributed by atoms with Crippen LogP contribution in [0.2, 0.25) is 0 Å². The van der Waals surface area contributed by atoms with E-state index in [-0.39, 0.29) is 0 Å². The molecule has 2 nitrogen and oxygen atoms in total. The molecule has 0 aliphatic rings. The second-order valence-electron chi connectivity index (χ2n) is 2.39. The third-order valence-electron chi connectivity index (χ3n) is 1.27. The van der Waals surface area contributed by atoms with E-state index >= 15 is 0 Å². The molecule has 62 valence electrons. The standard InChI is InChI=1S/C9H9BrN2/c1-7-5-8(3-2-4-10)12-9(11)6-7/h5-6H,4H2,1H3,(H2,11,12). The molecule has 1 aromatic rings. The fraction of sp³-hybridized carbons (Fsp3) is 0.222. The fourth-order valence-electron chi connectivity index (χ4n) is 0.882. The number of anilines is 1. The van der Waals surface area contributed by atoms with Crippen LogP contribution in [0.5, 0.6) is 0 Å². The first-order chi connectivity index (χ1) is 5.72. The largest absolute Gasteiger partial charge is 0.384 e. The van der Waals surface area contributed by atoms with E-state index in [1.165, 1.54) is 0 Å². The lowest BCUT2D eigenvalue weighted by atomic mass is 10.2. The van der Waals surface area contributed by atoms with E-state index < -0.39 is 0 Å². The van der Waals surface area contributed by atoms with Crippen LogP contribution in [0.4, 0.5) is 5.82 Å². The van der Waals surface area contributed by atoms with Crippen molar-refractivity contribution in [1.29, 1.82) is 0 Å². The summed E-state index contributed by atoms with van der Waals surface area (Å²) in [6, 6.07) is 3.73. The molecule has 0 aromatic carbocycles. The van der Waals surface area contributed by atoms with Gasteiger partial charge in [0, 0.05) is 0 Å². The second kappa shape index (κ2) is 4.13. The molecule has 0 unspecified atom stereocenters. The third-order valence-corrected chi connectivity index (χ3v) is 1.55. The molecule has 0 saturated heterocycles. The smallest absolute Gasteiger partial charge is 0.125 e. The van der Waals surface area contributed by atoms with Crippen molar-refractivity contribution < 1.29 is 0 Å². The highest BCUT2D eigenvalue weighted by Crippen LogP contribution is 2.04. The average Bonchev–Trinajstić information content (AvgIpc) is 1.99. The monoisotopic (exact) mass is 224 g/mol. The van der Waals surface area contributed by atoms with Crippen LogP contribution in [0.25, 0.3) is 0 Å². The molecular weight excluding hydrogens is 216 g/mol. The highest BCUT2D eigenvalue weighted by atomic mass is 79.9. The quantitative estimate of drug-likeness (QED) is 0.539. The van der Waals surface area contributed by atoms with E-state index in [0.717, 1.165) is 11.3 Å². The number of alkyl halides is 1. The Morgan fingerprint density at radius 1 is 1.58 bits per heavy atom. The van der Waals surface area contributed by atoms with Gasteiger partial charge in [0.05, 0.1) is 5.33 Å². The number of nitrogens with zero attached hydrogens (tertiary/aromatic N) is 1. The number of pyridine rings is 1. The predicted octanol–water partition coefficient (Wildman–Crippen LogP) is 1.72. The normalized spacial score (nSPS) is 8.83. The lowest BCUT2D eigenvalue weighted by molar-refractivity contribution is 1.26. The van der Waals surface area contributed by atoms with E-state index in [2.05, 4.69) is 32.8 Å². The summed E-state index contributed by atoms with van der Waals surface area (Å²) in [5.74, 6) is 6.28. The number of aryl methyl sites for hydroxylation is 1. The predicted molar refractivity (Wildman–Crippen MR) is 54.1 cm³/mol. The van der Waals surface area contributed by atoms with Crippen molar-refractivity contribution in [3.63, 3.8) is 0 Å². The average molecular weight is 225 g/mol. The van der Waals surface area contributed by atoms with Crippen LogP contribution in [0.15, 0.2) is 12.1 Å². The molecule has 0 amide bonds. The van der Waals surface area contributed by atoms with Gasteiger partial charge in [0.25, 0.3) is 0 Å². The van der Waals surface area contributed by atoms with Crippen molar-refractivity contribution in [2.75, 3.05) is 11.1 Å². The summed E-state index contributed by atoms with van der Waals surface area (Å²) in [5.41, 5.74) is 7.35. The summed E-state index contributed by atoms with van der Waals surface area (Å²) in [7, 11) is 0. The molecule has 0 saturated carbocycles. The van der Waals surface area contributed by atoms with Gasteiger partial charge in [0.15, 0.2) is 0 Å². The molecule has 0 atom stereocenters. The Balaban J connectivity index is 3.01. The molecule has 0 fully saturated rings. The Morgan fingerprint density at radius 3 is 2.92 bits per heavy atom. The SMILES string of the molecule is Cc1cc(N)nc(C#CCBr)c1. The summed E-state index contributed by atoms with van der Waals surface area (Å²) in [6.07, 6.45) is 0. The lowest BCUT2D eigenvalue weighted by Gasteiger charge is -1.95. The lowest BCUT2D eigenvalue weighted by Crippen LogP contribution is -1.93. The van der Waals surface area contributed by atoms with Crippen LogP contribution in [0, 0.1) is 18.8 Å². The molecule has 0 aliphatic heterocycles. The summed E-state index contributed by atoms with van der Waals surface area (Å²) < 4.78 is 0. The Bertz CT molecular complexity index is 316. The number of hydrogen-bond acceptors (Lipinski definition) is 2. The van der Waals surface area contributed by atoms with Crippen LogP contribution < -0.4 is 5.73 Å². The Hall–Kier alpha value is -1.01. The minimum absolute atomic E-state index is 0.522. The van der Waals surface area contributed by atoms with Gasteiger partial charge in [0.1, 0.15) is 11.5 Å². The molecule has 0 spiro atoms. The Morgan fingerprint density at radius 2 is 2.33 bits per heavy atom. The number of nitrogen functional groups attached to an aromatic ring is 1. The van der Waals surface area contributed by atoms with E-state index in [0.29, 0.717) is 11.1 Å². The third kappa shape index (κ3) is 2.55. The van der Waals surface area contributed by atoms with Crippen molar-refractivity contribution in [2.24, 2.45) is 0 Å².